The SMILES string of the molecule is COc1ccc(CCNC(=O)COc2cc3c(c4oc(=O)c(C)c(C)c24)CCC(C)(C)O3)cc1OC. The Bertz CT molecular complexity index is 1360. The zero-order valence-electron chi connectivity index (χ0n) is 21.7. The lowest BCUT2D eigenvalue weighted by Crippen LogP contribution is -2.33. The van der Waals surface area contributed by atoms with Crippen molar-refractivity contribution in [2.75, 3.05) is 27.4 Å². The van der Waals surface area contributed by atoms with Gasteiger partial charge in [-0.2, -0.15) is 0 Å². The molecule has 0 aliphatic carbocycles. The molecule has 8 nitrogen and oxygen atoms in total. The molecule has 0 fully saturated rings. The molecule has 0 bridgehead atoms. The van der Waals surface area contributed by atoms with Crippen LogP contribution in [0.4, 0.5) is 0 Å². The van der Waals surface area contributed by atoms with Crippen LogP contribution < -0.4 is 29.9 Å². The first-order valence-electron chi connectivity index (χ1n) is 12.0. The molecule has 3 aromatic rings. The van der Waals surface area contributed by atoms with Crippen molar-refractivity contribution in [3.05, 3.63) is 56.9 Å². The second kappa shape index (κ2) is 10.1. The largest absolute Gasteiger partial charge is 0.493 e. The summed E-state index contributed by atoms with van der Waals surface area (Å²) in [6.45, 7) is 7.88. The summed E-state index contributed by atoms with van der Waals surface area (Å²) in [5.74, 6) is 2.13. The lowest BCUT2D eigenvalue weighted by atomic mass is 9.92. The summed E-state index contributed by atoms with van der Waals surface area (Å²) >= 11 is 0. The first kappa shape index (κ1) is 25.4. The van der Waals surface area contributed by atoms with Gasteiger partial charge in [0.2, 0.25) is 0 Å². The second-order valence-corrected chi connectivity index (χ2v) is 9.63. The first-order valence-corrected chi connectivity index (χ1v) is 12.0. The number of hydrogen-bond donors (Lipinski definition) is 1. The molecular weight excluding hydrogens is 462 g/mol. The third-order valence-corrected chi connectivity index (χ3v) is 6.65. The van der Waals surface area contributed by atoms with Gasteiger partial charge in [0, 0.05) is 23.7 Å². The number of carbonyl (C=O) groups is 1. The molecule has 0 saturated carbocycles. The van der Waals surface area contributed by atoms with Gasteiger partial charge in [-0.25, -0.2) is 4.79 Å². The molecule has 0 saturated heterocycles. The van der Waals surface area contributed by atoms with Crippen molar-refractivity contribution in [1.82, 2.24) is 5.32 Å². The molecule has 2 aromatic carbocycles. The van der Waals surface area contributed by atoms with Gasteiger partial charge in [0.05, 0.1) is 19.6 Å². The summed E-state index contributed by atoms with van der Waals surface area (Å²) in [5.41, 5.74) is 2.91. The second-order valence-electron chi connectivity index (χ2n) is 9.63. The maximum atomic E-state index is 12.6. The van der Waals surface area contributed by atoms with Crippen LogP contribution in [0.15, 0.2) is 33.5 Å². The summed E-state index contributed by atoms with van der Waals surface area (Å²) in [5, 5.41) is 3.59. The molecule has 1 N–H and O–H groups in total. The number of rotatable bonds is 8. The van der Waals surface area contributed by atoms with Crippen LogP contribution in [0.1, 0.15) is 42.5 Å². The minimum absolute atomic E-state index is 0.180. The van der Waals surface area contributed by atoms with Crippen molar-refractivity contribution in [2.24, 2.45) is 0 Å². The Morgan fingerprint density at radius 2 is 1.81 bits per heavy atom. The van der Waals surface area contributed by atoms with Crippen LogP contribution in [0.3, 0.4) is 0 Å². The molecule has 0 spiro atoms. The van der Waals surface area contributed by atoms with Gasteiger partial charge in [-0.15, -0.1) is 0 Å². The monoisotopic (exact) mass is 495 g/mol. The number of ether oxygens (including phenoxy) is 4. The van der Waals surface area contributed by atoms with E-state index in [1.807, 2.05) is 45.0 Å². The van der Waals surface area contributed by atoms with Gasteiger partial charge < -0.3 is 28.7 Å². The summed E-state index contributed by atoms with van der Waals surface area (Å²) in [6.07, 6.45) is 2.15. The molecule has 4 rings (SSSR count). The molecule has 8 heteroatoms. The van der Waals surface area contributed by atoms with Crippen LogP contribution in [0.5, 0.6) is 23.0 Å². The quantitative estimate of drug-likeness (QED) is 0.466. The lowest BCUT2D eigenvalue weighted by molar-refractivity contribution is -0.123. The van der Waals surface area contributed by atoms with Crippen LogP contribution in [0, 0.1) is 13.8 Å². The topological polar surface area (TPSA) is 96.2 Å². The molecule has 1 aliphatic heterocycles. The summed E-state index contributed by atoms with van der Waals surface area (Å²) in [4.78, 5) is 25.0. The minimum atomic E-state index is -0.378. The van der Waals surface area contributed by atoms with E-state index in [-0.39, 0.29) is 23.7 Å². The van der Waals surface area contributed by atoms with Crippen LogP contribution in [0.25, 0.3) is 11.0 Å². The van der Waals surface area contributed by atoms with E-state index in [4.69, 9.17) is 23.4 Å². The molecule has 0 unspecified atom stereocenters. The summed E-state index contributed by atoms with van der Waals surface area (Å²) < 4.78 is 28.4. The maximum Gasteiger partial charge on any atom is 0.339 e. The fourth-order valence-corrected chi connectivity index (χ4v) is 4.42. The third kappa shape index (κ3) is 5.12. The number of benzene rings is 2. The fraction of sp³-hybridized carbons (Fsp3) is 0.429. The Morgan fingerprint density at radius 1 is 1.06 bits per heavy atom. The number of nitrogens with one attached hydrogen (secondary N) is 1. The zero-order valence-corrected chi connectivity index (χ0v) is 21.7. The average molecular weight is 496 g/mol. The van der Waals surface area contributed by atoms with Crippen LogP contribution >= 0.6 is 0 Å². The smallest absolute Gasteiger partial charge is 0.339 e. The van der Waals surface area contributed by atoms with E-state index in [9.17, 15) is 9.59 Å². The van der Waals surface area contributed by atoms with Crippen molar-refractivity contribution in [2.45, 2.75) is 52.6 Å². The Kier molecular flexibility index (Phi) is 7.15. The van der Waals surface area contributed by atoms with Crippen molar-refractivity contribution < 1.29 is 28.2 Å². The van der Waals surface area contributed by atoms with Gasteiger partial charge in [-0.3, -0.25) is 4.79 Å². The van der Waals surface area contributed by atoms with Crippen LogP contribution in [0.2, 0.25) is 0 Å². The van der Waals surface area contributed by atoms with Gasteiger partial charge in [0.1, 0.15) is 22.7 Å². The average Bonchev–Trinajstić information content (AvgIpc) is 2.84. The van der Waals surface area contributed by atoms with E-state index < -0.39 is 0 Å². The molecule has 192 valence electrons. The predicted octanol–water partition coefficient (Wildman–Crippen LogP) is 4.27. The van der Waals surface area contributed by atoms with E-state index in [0.717, 1.165) is 29.5 Å². The number of carbonyl (C=O) groups excluding carboxylic acids is 1. The third-order valence-electron chi connectivity index (χ3n) is 6.65. The first-order chi connectivity index (χ1) is 17.1. The van der Waals surface area contributed by atoms with Crippen LogP contribution in [-0.2, 0) is 17.6 Å². The fourth-order valence-electron chi connectivity index (χ4n) is 4.42. The summed E-state index contributed by atoms with van der Waals surface area (Å²) in [6, 6.07) is 7.47. The van der Waals surface area contributed by atoms with Gasteiger partial charge in [-0.05, 0) is 70.2 Å². The highest BCUT2D eigenvalue weighted by Crippen LogP contribution is 2.43. The number of methoxy groups -OCH3 is 2. The predicted molar refractivity (Wildman–Crippen MR) is 137 cm³/mol. The normalized spacial score (nSPS) is 14.1. The van der Waals surface area contributed by atoms with Gasteiger partial charge in [0.25, 0.3) is 5.91 Å². The lowest BCUT2D eigenvalue weighted by Gasteiger charge is -2.33. The molecule has 0 radical (unpaired) electrons. The molecular formula is C28H33NO7. The highest BCUT2D eigenvalue weighted by Gasteiger charge is 2.31. The number of aryl methyl sites for hydroxylation is 2. The van der Waals surface area contributed by atoms with E-state index in [0.29, 0.717) is 52.5 Å². The number of hydrogen-bond acceptors (Lipinski definition) is 7. The molecule has 0 atom stereocenters. The van der Waals surface area contributed by atoms with E-state index >= 15 is 0 Å². The van der Waals surface area contributed by atoms with Gasteiger partial charge in [-0.1, -0.05) is 6.07 Å². The van der Waals surface area contributed by atoms with Crippen molar-refractivity contribution in [1.29, 1.82) is 0 Å². The van der Waals surface area contributed by atoms with Crippen molar-refractivity contribution in [3.8, 4) is 23.0 Å². The molecule has 36 heavy (non-hydrogen) atoms. The standard InChI is InChI=1S/C28H33NO7/c1-16-17(2)27(31)35-26-19-9-11-28(3,4)36-21(19)14-23(25(16)26)34-15-24(30)29-12-10-18-7-8-20(32-5)22(13-18)33-6/h7-8,13-14H,9-12,15H2,1-6H3,(H,29,30). The summed E-state index contributed by atoms with van der Waals surface area (Å²) in [7, 11) is 3.18. The van der Waals surface area contributed by atoms with Crippen molar-refractivity contribution >= 4 is 16.9 Å². The Morgan fingerprint density at radius 3 is 2.53 bits per heavy atom. The molecule has 1 aromatic heterocycles. The highest BCUT2D eigenvalue weighted by molar-refractivity contribution is 5.92. The number of fused-ring (bicyclic) bond motifs is 3. The Labute approximate surface area is 210 Å². The van der Waals surface area contributed by atoms with Gasteiger partial charge >= 0.3 is 5.63 Å². The van der Waals surface area contributed by atoms with Gasteiger partial charge in [0.15, 0.2) is 18.1 Å². The maximum absolute atomic E-state index is 12.6. The Hall–Kier alpha value is -3.68. The van der Waals surface area contributed by atoms with E-state index in [1.165, 1.54) is 0 Å². The van der Waals surface area contributed by atoms with E-state index in [1.54, 1.807) is 21.1 Å². The van der Waals surface area contributed by atoms with Crippen LogP contribution in [-0.4, -0.2) is 38.9 Å². The number of amides is 1. The minimum Gasteiger partial charge on any atom is -0.493 e. The Balaban J connectivity index is 1.49. The van der Waals surface area contributed by atoms with Crippen molar-refractivity contribution in [3.63, 3.8) is 0 Å². The highest BCUT2D eigenvalue weighted by atomic mass is 16.5. The zero-order chi connectivity index (χ0) is 26.0. The molecule has 1 aliphatic rings. The molecule has 2 heterocycles. The molecule has 1 amide bonds. The van der Waals surface area contributed by atoms with E-state index in [2.05, 4.69) is 5.32 Å².